The van der Waals surface area contributed by atoms with E-state index in [0.29, 0.717) is 5.69 Å². The standard InChI is InChI=1S/C9H7ClF3N5/c10-6-3-4(1-2-5(6)9(11,12)13)15-8-16-7(14)17-18-8/h1-3H,(H4,14,15,16,17,18). The van der Waals surface area contributed by atoms with E-state index in [2.05, 4.69) is 20.5 Å². The molecule has 0 aliphatic heterocycles. The number of nitrogen functional groups attached to an aromatic ring is 1. The van der Waals surface area contributed by atoms with Gasteiger partial charge in [-0.15, -0.1) is 5.10 Å². The second kappa shape index (κ2) is 4.37. The minimum Gasteiger partial charge on any atom is -0.368 e. The average Bonchev–Trinajstić information content (AvgIpc) is 2.62. The van der Waals surface area contributed by atoms with Crippen molar-refractivity contribution in [3.05, 3.63) is 28.8 Å². The average molecular weight is 278 g/mol. The Morgan fingerprint density at radius 3 is 2.56 bits per heavy atom. The number of nitrogens with two attached hydrogens (primary N) is 1. The summed E-state index contributed by atoms with van der Waals surface area (Å²) in [7, 11) is 0. The van der Waals surface area contributed by atoms with Gasteiger partial charge in [-0.2, -0.15) is 18.2 Å². The van der Waals surface area contributed by atoms with Gasteiger partial charge in [0.1, 0.15) is 0 Å². The van der Waals surface area contributed by atoms with Crippen molar-refractivity contribution in [2.45, 2.75) is 6.18 Å². The van der Waals surface area contributed by atoms with Crippen LogP contribution in [0.2, 0.25) is 5.02 Å². The minimum absolute atomic E-state index is 0.0931. The Balaban J connectivity index is 2.24. The fourth-order valence-corrected chi connectivity index (χ4v) is 1.57. The number of aromatic nitrogens is 3. The number of H-pyrrole nitrogens is 1. The van der Waals surface area contributed by atoms with E-state index in [1.807, 2.05) is 0 Å². The van der Waals surface area contributed by atoms with Crippen LogP contribution in [0.25, 0.3) is 0 Å². The molecule has 5 nitrogen and oxygen atoms in total. The molecule has 0 amide bonds. The molecule has 18 heavy (non-hydrogen) atoms. The van der Waals surface area contributed by atoms with Crippen LogP contribution in [-0.2, 0) is 6.18 Å². The molecule has 0 spiro atoms. The highest BCUT2D eigenvalue weighted by atomic mass is 35.5. The van der Waals surface area contributed by atoms with Gasteiger partial charge in [-0.3, -0.25) is 0 Å². The first kappa shape index (κ1) is 12.5. The summed E-state index contributed by atoms with van der Waals surface area (Å²) in [5.41, 5.74) is 4.73. The van der Waals surface area contributed by atoms with Gasteiger partial charge in [0.15, 0.2) is 0 Å². The predicted molar refractivity (Wildman–Crippen MR) is 60.5 cm³/mol. The van der Waals surface area contributed by atoms with Crippen molar-refractivity contribution in [1.29, 1.82) is 0 Å². The zero-order valence-corrected chi connectivity index (χ0v) is 9.47. The maximum absolute atomic E-state index is 12.5. The molecule has 2 aromatic rings. The van der Waals surface area contributed by atoms with Crippen LogP contribution in [0.4, 0.5) is 30.8 Å². The third-order valence-corrected chi connectivity index (χ3v) is 2.35. The first-order valence-electron chi connectivity index (χ1n) is 4.68. The van der Waals surface area contributed by atoms with Gasteiger partial charge in [-0.05, 0) is 18.2 Å². The van der Waals surface area contributed by atoms with Crippen molar-refractivity contribution >= 4 is 29.2 Å². The van der Waals surface area contributed by atoms with Crippen LogP contribution >= 0.6 is 11.6 Å². The number of halogens is 4. The quantitative estimate of drug-likeness (QED) is 0.788. The Labute approximate surface area is 104 Å². The molecular weight excluding hydrogens is 271 g/mol. The van der Waals surface area contributed by atoms with Crippen molar-refractivity contribution in [2.75, 3.05) is 11.1 Å². The van der Waals surface area contributed by atoms with Gasteiger partial charge in [0.25, 0.3) is 0 Å². The summed E-state index contributed by atoms with van der Waals surface area (Å²) in [6, 6.07) is 3.23. The molecule has 1 aromatic carbocycles. The number of aromatic amines is 1. The second-order valence-electron chi connectivity index (χ2n) is 3.36. The summed E-state index contributed by atoms with van der Waals surface area (Å²) in [6.45, 7) is 0. The fourth-order valence-electron chi connectivity index (χ4n) is 1.28. The molecule has 0 radical (unpaired) electrons. The zero-order chi connectivity index (χ0) is 13.3. The monoisotopic (exact) mass is 277 g/mol. The third kappa shape index (κ3) is 2.65. The van der Waals surface area contributed by atoms with E-state index < -0.39 is 16.8 Å². The molecule has 0 saturated heterocycles. The van der Waals surface area contributed by atoms with Crippen molar-refractivity contribution in [3.8, 4) is 0 Å². The lowest BCUT2D eigenvalue weighted by molar-refractivity contribution is -0.137. The number of anilines is 3. The predicted octanol–water partition coefficient (Wildman–Crippen LogP) is 2.80. The molecule has 2 rings (SSSR count). The molecular formula is C9H7ClF3N5. The largest absolute Gasteiger partial charge is 0.417 e. The third-order valence-electron chi connectivity index (χ3n) is 2.03. The Kier molecular flexibility index (Phi) is 3.04. The van der Waals surface area contributed by atoms with Gasteiger partial charge in [0.05, 0.1) is 10.6 Å². The molecule has 0 aliphatic rings. The van der Waals surface area contributed by atoms with Crippen LogP contribution in [0.3, 0.4) is 0 Å². The topological polar surface area (TPSA) is 79.6 Å². The highest BCUT2D eigenvalue weighted by Crippen LogP contribution is 2.36. The van der Waals surface area contributed by atoms with Gasteiger partial charge in [-0.1, -0.05) is 11.6 Å². The first-order chi connectivity index (χ1) is 8.36. The van der Waals surface area contributed by atoms with Crippen molar-refractivity contribution in [2.24, 2.45) is 0 Å². The number of rotatable bonds is 2. The van der Waals surface area contributed by atoms with Gasteiger partial charge < -0.3 is 11.1 Å². The molecule has 0 unspecified atom stereocenters. The second-order valence-corrected chi connectivity index (χ2v) is 3.77. The number of nitrogens with one attached hydrogen (secondary N) is 2. The lowest BCUT2D eigenvalue weighted by atomic mass is 10.2. The van der Waals surface area contributed by atoms with Gasteiger partial charge in [-0.25, -0.2) is 5.10 Å². The fraction of sp³-hybridized carbons (Fsp3) is 0.111. The maximum atomic E-state index is 12.5. The zero-order valence-electron chi connectivity index (χ0n) is 8.72. The summed E-state index contributed by atoms with van der Waals surface area (Å²) in [6.07, 6.45) is -4.48. The molecule has 0 atom stereocenters. The van der Waals surface area contributed by atoms with Gasteiger partial charge in [0, 0.05) is 5.69 Å². The summed E-state index contributed by atoms with van der Waals surface area (Å²) in [4.78, 5) is 3.74. The maximum Gasteiger partial charge on any atom is 0.417 e. The van der Waals surface area contributed by atoms with Crippen molar-refractivity contribution in [1.82, 2.24) is 15.2 Å². The summed E-state index contributed by atoms with van der Waals surface area (Å²) in [5.74, 6) is 0.235. The van der Waals surface area contributed by atoms with Crippen molar-refractivity contribution in [3.63, 3.8) is 0 Å². The summed E-state index contributed by atoms with van der Waals surface area (Å²) in [5, 5.41) is 8.31. The van der Waals surface area contributed by atoms with E-state index in [9.17, 15) is 13.2 Å². The molecule has 0 aliphatic carbocycles. The number of benzene rings is 1. The van der Waals surface area contributed by atoms with Crippen LogP contribution in [0.15, 0.2) is 18.2 Å². The summed E-state index contributed by atoms with van der Waals surface area (Å²) >= 11 is 5.55. The van der Waals surface area contributed by atoms with Gasteiger partial charge >= 0.3 is 6.18 Å². The van der Waals surface area contributed by atoms with E-state index in [1.54, 1.807) is 0 Å². The molecule has 0 fully saturated rings. The van der Waals surface area contributed by atoms with E-state index in [0.717, 1.165) is 12.1 Å². The molecule has 1 heterocycles. The number of hydrogen-bond acceptors (Lipinski definition) is 4. The Bertz CT molecular complexity index is 566. The number of alkyl halides is 3. The molecule has 4 N–H and O–H groups in total. The van der Waals surface area contributed by atoms with E-state index in [-0.39, 0.29) is 11.9 Å². The van der Waals surface area contributed by atoms with Crippen LogP contribution in [-0.4, -0.2) is 15.2 Å². The van der Waals surface area contributed by atoms with Crippen LogP contribution in [0.5, 0.6) is 0 Å². The number of nitrogens with zero attached hydrogens (tertiary/aromatic N) is 2. The first-order valence-corrected chi connectivity index (χ1v) is 5.06. The van der Waals surface area contributed by atoms with Gasteiger partial charge in [0.2, 0.25) is 11.9 Å². The highest BCUT2D eigenvalue weighted by molar-refractivity contribution is 6.31. The SMILES string of the molecule is Nc1nc(Nc2ccc(C(F)(F)F)c(Cl)c2)n[nH]1. The van der Waals surface area contributed by atoms with Crippen LogP contribution < -0.4 is 11.1 Å². The molecule has 9 heteroatoms. The Morgan fingerprint density at radius 1 is 1.33 bits per heavy atom. The van der Waals surface area contributed by atoms with Crippen molar-refractivity contribution < 1.29 is 13.2 Å². The van der Waals surface area contributed by atoms with Crippen LogP contribution in [0, 0.1) is 0 Å². The van der Waals surface area contributed by atoms with E-state index in [1.165, 1.54) is 6.07 Å². The lowest BCUT2D eigenvalue weighted by Gasteiger charge is -2.10. The molecule has 0 bridgehead atoms. The Hall–Kier alpha value is -1.96. The molecule has 96 valence electrons. The minimum atomic E-state index is -4.48. The number of hydrogen-bond donors (Lipinski definition) is 3. The highest BCUT2D eigenvalue weighted by Gasteiger charge is 2.33. The van der Waals surface area contributed by atoms with E-state index in [4.69, 9.17) is 17.3 Å². The molecule has 1 aromatic heterocycles. The van der Waals surface area contributed by atoms with E-state index >= 15 is 0 Å². The summed E-state index contributed by atoms with van der Waals surface area (Å²) < 4.78 is 37.4. The molecule has 0 saturated carbocycles. The Morgan fingerprint density at radius 2 is 2.06 bits per heavy atom. The van der Waals surface area contributed by atoms with Crippen LogP contribution in [0.1, 0.15) is 5.56 Å². The normalized spacial score (nSPS) is 11.6. The smallest absolute Gasteiger partial charge is 0.368 e. The lowest BCUT2D eigenvalue weighted by Crippen LogP contribution is -2.06.